The first-order valence-electron chi connectivity index (χ1n) is 5.95. The molecule has 0 bridgehead atoms. The number of hydrogen-bond acceptors (Lipinski definition) is 3. The predicted octanol–water partition coefficient (Wildman–Crippen LogP) is 2.90. The van der Waals surface area contributed by atoms with Crippen LogP contribution in [0.15, 0.2) is 41.3 Å². The third kappa shape index (κ3) is 2.86. The number of nitrogens with zero attached hydrogens (tertiary/aromatic N) is 1. The topological polar surface area (TPSA) is 66.9 Å². The summed E-state index contributed by atoms with van der Waals surface area (Å²) in [6.07, 6.45) is 0. The Morgan fingerprint density at radius 2 is 2.10 bits per heavy atom. The van der Waals surface area contributed by atoms with E-state index in [0.717, 1.165) is 11.6 Å². The van der Waals surface area contributed by atoms with Crippen LogP contribution >= 0.6 is 0 Å². The van der Waals surface area contributed by atoms with Crippen molar-refractivity contribution < 1.29 is 8.60 Å². The van der Waals surface area contributed by atoms with Crippen molar-refractivity contribution in [2.24, 2.45) is 0 Å². The number of benzene rings is 2. The standard InChI is InChI=1S/C15H13FN2OS/c1-10-3-2-4-14(15(10)18)20(19)9-12-6-5-11(8-17)7-13(12)16/h2-7H,9,18H2,1H3. The highest BCUT2D eigenvalue weighted by molar-refractivity contribution is 7.84. The van der Waals surface area contributed by atoms with E-state index in [1.165, 1.54) is 12.1 Å². The van der Waals surface area contributed by atoms with Crippen molar-refractivity contribution in [1.82, 2.24) is 0 Å². The molecule has 0 aromatic heterocycles. The first kappa shape index (κ1) is 14.2. The maximum absolute atomic E-state index is 13.8. The number of nitrogen functional groups attached to an aromatic ring is 1. The van der Waals surface area contributed by atoms with Gasteiger partial charge in [-0.2, -0.15) is 5.26 Å². The average Bonchev–Trinajstić information content (AvgIpc) is 2.44. The van der Waals surface area contributed by atoms with Gasteiger partial charge in [0.1, 0.15) is 5.82 Å². The van der Waals surface area contributed by atoms with E-state index in [9.17, 15) is 8.60 Å². The fourth-order valence-corrected chi connectivity index (χ4v) is 3.11. The summed E-state index contributed by atoms with van der Waals surface area (Å²) in [5, 5.41) is 8.69. The predicted molar refractivity (Wildman–Crippen MR) is 76.8 cm³/mol. The summed E-state index contributed by atoms with van der Waals surface area (Å²) >= 11 is 0. The molecule has 0 aliphatic carbocycles. The van der Waals surface area contributed by atoms with Gasteiger partial charge in [0.05, 0.1) is 38.8 Å². The number of nitriles is 1. The largest absolute Gasteiger partial charge is 0.398 e. The second-order valence-corrected chi connectivity index (χ2v) is 5.81. The lowest BCUT2D eigenvalue weighted by molar-refractivity contribution is 0.614. The summed E-state index contributed by atoms with van der Waals surface area (Å²) in [4.78, 5) is 0.508. The number of anilines is 1. The molecule has 0 saturated carbocycles. The second-order valence-electron chi connectivity index (χ2n) is 4.39. The Morgan fingerprint density at radius 1 is 1.35 bits per heavy atom. The monoisotopic (exact) mass is 288 g/mol. The molecule has 2 rings (SSSR count). The summed E-state index contributed by atoms with van der Waals surface area (Å²) < 4.78 is 26.1. The Labute approximate surface area is 119 Å². The quantitative estimate of drug-likeness (QED) is 0.883. The van der Waals surface area contributed by atoms with E-state index < -0.39 is 16.6 Å². The van der Waals surface area contributed by atoms with Gasteiger partial charge in [-0.3, -0.25) is 4.21 Å². The van der Waals surface area contributed by atoms with Gasteiger partial charge in [-0.05, 0) is 30.7 Å². The molecule has 1 unspecified atom stereocenters. The zero-order valence-electron chi connectivity index (χ0n) is 10.9. The van der Waals surface area contributed by atoms with E-state index in [1.807, 2.05) is 19.1 Å². The normalized spacial score (nSPS) is 11.8. The van der Waals surface area contributed by atoms with Gasteiger partial charge in [0, 0.05) is 5.56 Å². The van der Waals surface area contributed by atoms with Crippen molar-refractivity contribution >= 4 is 16.5 Å². The van der Waals surface area contributed by atoms with E-state index in [4.69, 9.17) is 11.0 Å². The summed E-state index contributed by atoms with van der Waals surface area (Å²) in [5.74, 6) is -0.491. The maximum atomic E-state index is 13.8. The lowest BCUT2D eigenvalue weighted by Gasteiger charge is -2.09. The van der Waals surface area contributed by atoms with Crippen LogP contribution in [0.4, 0.5) is 10.1 Å². The fourth-order valence-electron chi connectivity index (χ4n) is 1.81. The van der Waals surface area contributed by atoms with Crippen molar-refractivity contribution in [3.63, 3.8) is 0 Å². The third-order valence-electron chi connectivity index (χ3n) is 3.00. The van der Waals surface area contributed by atoms with Gasteiger partial charge in [-0.1, -0.05) is 18.2 Å². The minimum absolute atomic E-state index is 0.0329. The smallest absolute Gasteiger partial charge is 0.128 e. The maximum Gasteiger partial charge on any atom is 0.128 e. The molecule has 2 N–H and O–H groups in total. The van der Waals surface area contributed by atoms with E-state index in [-0.39, 0.29) is 11.3 Å². The molecule has 2 aromatic carbocycles. The average molecular weight is 288 g/mol. The zero-order chi connectivity index (χ0) is 14.7. The van der Waals surface area contributed by atoms with Crippen LogP contribution in [-0.2, 0) is 16.6 Å². The summed E-state index contributed by atoms with van der Waals surface area (Å²) in [7, 11) is -1.42. The molecule has 3 nitrogen and oxygen atoms in total. The molecule has 0 aliphatic rings. The van der Waals surface area contributed by atoms with E-state index >= 15 is 0 Å². The number of para-hydroxylation sites is 1. The van der Waals surface area contributed by atoms with Crippen molar-refractivity contribution in [2.75, 3.05) is 5.73 Å². The molecule has 0 heterocycles. The third-order valence-corrected chi connectivity index (χ3v) is 4.42. The van der Waals surface area contributed by atoms with Crippen molar-refractivity contribution in [2.45, 2.75) is 17.6 Å². The molecule has 0 radical (unpaired) electrons. The summed E-state index contributed by atoms with van der Waals surface area (Å²) in [5.41, 5.74) is 7.76. The highest BCUT2D eigenvalue weighted by Crippen LogP contribution is 2.23. The molecule has 0 spiro atoms. The van der Waals surface area contributed by atoms with Crippen LogP contribution in [0.25, 0.3) is 0 Å². The summed E-state index contributed by atoms with van der Waals surface area (Å²) in [6.45, 7) is 1.83. The van der Waals surface area contributed by atoms with Crippen LogP contribution in [0.2, 0.25) is 0 Å². The van der Waals surface area contributed by atoms with Crippen LogP contribution in [-0.4, -0.2) is 4.21 Å². The molecular weight excluding hydrogens is 275 g/mol. The molecule has 102 valence electrons. The highest BCUT2D eigenvalue weighted by atomic mass is 32.2. The lowest BCUT2D eigenvalue weighted by atomic mass is 10.1. The van der Waals surface area contributed by atoms with Gasteiger partial charge in [0.2, 0.25) is 0 Å². The van der Waals surface area contributed by atoms with Crippen molar-refractivity contribution in [1.29, 1.82) is 5.26 Å². The van der Waals surface area contributed by atoms with Crippen molar-refractivity contribution in [3.8, 4) is 6.07 Å². The molecule has 2 aromatic rings. The Kier molecular flexibility index (Phi) is 4.16. The first-order chi connectivity index (χ1) is 9.52. The second kappa shape index (κ2) is 5.85. The van der Waals surface area contributed by atoms with Crippen LogP contribution in [0.5, 0.6) is 0 Å². The van der Waals surface area contributed by atoms with Crippen LogP contribution in [0, 0.1) is 24.1 Å². The fraction of sp³-hybridized carbons (Fsp3) is 0.133. The summed E-state index contributed by atoms with van der Waals surface area (Å²) in [6, 6.07) is 11.3. The Hall–Kier alpha value is -2.19. The molecule has 0 fully saturated rings. The van der Waals surface area contributed by atoms with Gasteiger partial charge >= 0.3 is 0 Å². The Balaban J connectivity index is 2.29. The van der Waals surface area contributed by atoms with E-state index in [2.05, 4.69) is 0 Å². The molecule has 1 atom stereocenters. The molecule has 0 aliphatic heterocycles. The molecule has 0 saturated heterocycles. The number of aryl methyl sites for hydroxylation is 1. The minimum Gasteiger partial charge on any atom is -0.398 e. The molecule has 5 heteroatoms. The van der Waals surface area contributed by atoms with Crippen LogP contribution in [0.3, 0.4) is 0 Å². The van der Waals surface area contributed by atoms with Gasteiger partial charge < -0.3 is 5.73 Å². The van der Waals surface area contributed by atoms with Gasteiger partial charge in [0.15, 0.2) is 0 Å². The first-order valence-corrected chi connectivity index (χ1v) is 7.27. The number of rotatable bonds is 3. The number of nitrogens with two attached hydrogens (primary N) is 1. The van der Waals surface area contributed by atoms with Crippen LogP contribution in [0.1, 0.15) is 16.7 Å². The molecular formula is C15H13FN2OS. The molecule has 20 heavy (non-hydrogen) atoms. The number of halogens is 1. The SMILES string of the molecule is Cc1cccc(S(=O)Cc2ccc(C#N)cc2F)c1N. The van der Waals surface area contributed by atoms with Crippen molar-refractivity contribution in [3.05, 3.63) is 58.9 Å². The van der Waals surface area contributed by atoms with Gasteiger partial charge in [-0.15, -0.1) is 0 Å². The lowest BCUT2D eigenvalue weighted by Crippen LogP contribution is -2.04. The van der Waals surface area contributed by atoms with Crippen LogP contribution < -0.4 is 5.73 Å². The minimum atomic E-state index is -1.42. The molecule has 0 amide bonds. The van der Waals surface area contributed by atoms with Gasteiger partial charge in [0.25, 0.3) is 0 Å². The number of hydrogen-bond donors (Lipinski definition) is 1. The Bertz CT molecular complexity index is 722. The Morgan fingerprint density at radius 3 is 2.75 bits per heavy atom. The van der Waals surface area contributed by atoms with E-state index in [1.54, 1.807) is 12.1 Å². The zero-order valence-corrected chi connectivity index (χ0v) is 11.7. The highest BCUT2D eigenvalue weighted by Gasteiger charge is 2.13. The van der Waals surface area contributed by atoms with Gasteiger partial charge in [-0.25, -0.2) is 4.39 Å². The van der Waals surface area contributed by atoms with E-state index in [0.29, 0.717) is 16.1 Å².